The monoisotopic (exact) mass is 270 g/mol. The van der Waals surface area contributed by atoms with E-state index in [1.165, 1.54) is 0 Å². The number of nitrogens with one attached hydrogen (secondary N) is 1. The Morgan fingerprint density at radius 1 is 1.30 bits per heavy atom. The quantitative estimate of drug-likeness (QED) is 0.740. The van der Waals surface area contributed by atoms with E-state index in [-0.39, 0.29) is 0 Å². The number of carbonyl (C=O) groups excluding carboxylic acids is 1. The highest BCUT2D eigenvalue weighted by atomic mass is 16.1. The van der Waals surface area contributed by atoms with Crippen molar-refractivity contribution in [3.05, 3.63) is 52.8 Å². The van der Waals surface area contributed by atoms with Crippen molar-refractivity contribution in [3.63, 3.8) is 0 Å². The van der Waals surface area contributed by atoms with Crippen LogP contribution in [0.15, 0.2) is 30.3 Å². The summed E-state index contributed by atoms with van der Waals surface area (Å²) in [6.45, 7) is 4.17. The molecule has 0 atom stereocenters. The lowest BCUT2D eigenvalue weighted by molar-refractivity contribution is 0.1000. The zero-order chi connectivity index (χ0) is 14.7. The topological polar surface area (TPSA) is 94.0 Å². The standard InChI is InChI=1S/C15H18N4O/c1-9-7-13(14(15(17)20)10(2)19-9)18-8-11-5-3-4-6-12(11)16/h3-7H,8,16H2,1-2H3,(H2,17,20)(H,18,19). The predicted molar refractivity (Wildman–Crippen MR) is 80.4 cm³/mol. The van der Waals surface area contributed by atoms with Gasteiger partial charge in [-0.25, -0.2) is 0 Å². The summed E-state index contributed by atoms with van der Waals surface area (Å²) in [5.74, 6) is -0.487. The molecule has 0 radical (unpaired) electrons. The number of nitrogens with two attached hydrogens (primary N) is 2. The van der Waals surface area contributed by atoms with Crippen LogP contribution in [0.5, 0.6) is 0 Å². The molecule has 0 aliphatic heterocycles. The Labute approximate surface area is 118 Å². The molecule has 5 heteroatoms. The van der Waals surface area contributed by atoms with Crippen LogP contribution in [0.4, 0.5) is 11.4 Å². The van der Waals surface area contributed by atoms with E-state index in [0.29, 0.717) is 29.2 Å². The summed E-state index contributed by atoms with van der Waals surface area (Å²) in [4.78, 5) is 15.8. The fourth-order valence-corrected chi connectivity index (χ4v) is 2.16. The highest BCUT2D eigenvalue weighted by Crippen LogP contribution is 2.21. The Hall–Kier alpha value is -2.56. The molecule has 0 bridgehead atoms. The summed E-state index contributed by atoms with van der Waals surface area (Å²) >= 11 is 0. The SMILES string of the molecule is Cc1cc(NCc2ccccc2N)c(C(N)=O)c(C)n1. The molecule has 20 heavy (non-hydrogen) atoms. The van der Waals surface area contributed by atoms with Crippen molar-refractivity contribution in [2.24, 2.45) is 5.73 Å². The normalized spacial score (nSPS) is 10.3. The third-order valence-electron chi connectivity index (χ3n) is 3.10. The second-order valence-corrected chi connectivity index (χ2v) is 4.69. The van der Waals surface area contributed by atoms with Crippen molar-refractivity contribution in [2.45, 2.75) is 20.4 Å². The first-order chi connectivity index (χ1) is 9.49. The first kappa shape index (κ1) is 13.9. The molecule has 0 aliphatic carbocycles. The molecule has 2 aromatic rings. The molecule has 1 amide bonds. The second-order valence-electron chi connectivity index (χ2n) is 4.69. The number of aryl methyl sites for hydroxylation is 2. The van der Waals surface area contributed by atoms with Gasteiger partial charge in [0.25, 0.3) is 5.91 Å². The van der Waals surface area contributed by atoms with Crippen LogP contribution in [0, 0.1) is 13.8 Å². The molecule has 0 saturated heterocycles. The third-order valence-corrected chi connectivity index (χ3v) is 3.10. The third kappa shape index (κ3) is 2.88. The first-order valence-corrected chi connectivity index (χ1v) is 6.34. The summed E-state index contributed by atoms with van der Waals surface area (Å²) < 4.78 is 0. The van der Waals surface area contributed by atoms with Crippen molar-refractivity contribution in [3.8, 4) is 0 Å². The molecule has 1 heterocycles. The number of carbonyl (C=O) groups is 1. The molecular weight excluding hydrogens is 252 g/mol. The molecule has 0 saturated carbocycles. The number of nitrogens with zero attached hydrogens (tertiary/aromatic N) is 1. The largest absolute Gasteiger partial charge is 0.398 e. The zero-order valence-electron chi connectivity index (χ0n) is 11.6. The number of pyridine rings is 1. The van der Waals surface area contributed by atoms with Gasteiger partial charge in [0.2, 0.25) is 0 Å². The Bertz CT molecular complexity index is 652. The fraction of sp³-hybridized carbons (Fsp3) is 0.200. The summed E-state index contributed by atoms with van der Waals surface area (Å²) in [5, 5.41) is 3.21. The average molecular weight is 270 g/mol. The van der Waals surface area contributed by atoms with Gasteiger partial charge >= 0.3 is 0 Å². The van der Waals surface area contributed by atoms with Crippen LogP contribution >= 0.6 is 0 Å². The van der Waals surface area contributed by atoms with Gasteiger partial charge < -0.3 is 16.8 Å². The number of para-hydroxylation sites is 1. The lowest BCUT2D eigenvalue weighted by Gasteiger charge is -2.14. The number of primary amides is 1. The van der Waals surface area contributed by atoms with Gasteiger partial charge in [-0.3, -0.25) is 9.78 Å². The Kier molecular flexibility index (Phi) is 3.89. The number of rotatable bonds is 4. The first-order valence-electron chi connectivity index (χ1n) is 6.34. The number of hydrogen-bond acceptors (Lipinski definition) is 4. The lowest BCUT2D eigenvalue weighted by Crippen LogP contribution is -2.17. The number of amides is 1. The minimum absolute atomic E-state index is 0.421. The molecule has 0 aliphatic rings. The number of nitrogen functional groups attached to an aromatic ring is 1. The minimum atomic E-state index is -0.487. The average Bonchev–Trinajstić information content (AvgIpc) is 2.36. The molecule has 104 valence electrons. The van der Waals surface area contributed by atoms with Crippen LogP contribution in [-0.4, -0.2) is 10.9 Å². The van der Waals surface area contributed by atoms with Gasteiger partial charge in [0.1, 0.15) is 0 Å². The van der Waals surface area contributed by atoms with Crippen molar-refractivity contribution < 1.29 is 4.79 Å². The van der Waals surface area contributed by atoms with Gasteiger partial charge in [-0.1, -0.05) is 18.2 Å². The van der Waals surface area contributed by atoms with Crippen LogP contribution in [0.2, 0.25) is 0 Å². The van der Waals surface area contributed by atoms with Crippen molar-refractivity contribution in [1.29, 1.82) is 0 Å². The lowest BCUT2D eigenvalue weighted by atomic mass is 10.1. The smallest absolute Gasteiger partial charge is 0.252 e. The van der Waals surface area contributed by atoms with E-state index >= 15 is 0 Å². The molecule has 5 nitrogen and oxygen atoms in total. The van der Waals surface area contributed by atoms with Gasteiger partial charge in [0.05, 0.1) is 16.9 Å². The molecule has 2 rings (SSSR count). The van der Waals surface area contributed by atoms with Crippen molar-refractivity contribution in [2.75, 3.05) is 11.1 Å². The fourth-order valence-electron chi connectivity index (χ4n) is 2.16. The summed E-state index contributed by atoms with van der Waals surface area (Å²) in [6, 6.07) is 9.40. The van der Waals surface area contributed by atoms with Crippen LogP contribution in [0.1, 0.15) is 27.3 Å². The summed E-state index contributed by atoms with van der Waals surface area (Å²) in [6.07, 6.45) is 0. The number of hydrogen-bond donors (Lipinski definition) is 3. The van der Waals surface area contributed by atoms with Crippen molar-refractivity contribution in [1.82, 2.24) is 4.98 Å². The molecule has 0 unspecified atom stereocenters. The van der Waals surface area contributed by atoms with Crippen molar-refractivity contribution >= 4 is 17.3 Å². The van der Waals surface area contributed by atoms with Gasteiger partial charge in [0, 0.05) is 17.9 Å². The highest BCUT2D eigenvalue weighted by Gasteiger charge is 2.13. The van der Waals surface area contributed by atoms with Crippen LogP contribution in [0.25, 0.3) is 0 Å². The Morgan fingerprint density at radius 2 is 2.00 bits per heavy atom. The zero-order valence-corrected chi connectivity index (χ0v) is 11.6. The number of benzene rings is 1. The Balaban J connectivity index is 2.30. The molecule has 1 aromatic heterocycles. The second kappa shape index (κ2) is 5.61. The van der Waals surface area contributed by atoms with Crippen LogP contribution in [-0.2, 0) is 6.54 Å². The predicted octanol–water partition coefficient (Wildman–Crippen LogP) is 1.99. The van der Waals surface area contributed by atoms with E-state index in [1.54, 1.807) is 6.92 Å². The number of aromatic nitrogens is 1. The maximum absolute atomic E-state index is 11.5. The van der Waals surface area contributed by atoms with Gasteiger partial charge in [-0.15, -0.1) is 0 Å². The molecule has 0 fully saturated rings. The van der Waals surface area contributed by atoms with Crippen LogP contribution < -0.4 is 16.8 Å². The minimum Gasteiger partial charge on any atom is -0.398 e. The van der Waals surface area contributed by atoms with E-state index in [2.05, 4.69) is 10.3 Å². The number of anilines is 2. The molecular formula is C15H18N4O. The summed E-state index contributed by atoms with van der Waals surface area (Å²) in [7, 11) is 0. The van der Waals surface area contributed by atoms with Gasteiger partial charge in [-0.05, 0) is 31.5 Å². The highest BCUT2D eigenvalue weighted by molar-refractivity contribution is 5.99. The van der Waals surface area contributed by atoms with E-state index in [0.717, 1.165) is 11.3 Å². The van der Waals surface area contributed by atoms with Crippen LogP contribution in [0.3, 0.4) is 0 Å². The van der Waals surface area contributed by atoms with E-state index in [9.17, 15) is 4.79 Å². The maximum atomic E-state index is 11.5. The summed E-state index contributed by atoms with van der Waals surface area (Å²) in [5.41, 5.74) is 15.6. The molecule has 5 N–H and O–H groups in total. The molecule has 1 aromatic carbocycles. The van der Waals surface area contributed by atoms with E-state index in [4.69, 9.17) is 11.5 Å². The van der Waals surface area contributed by atoms with Gasteiger partial charge in [0.15, 0.2) is 0 Å². The van der Waals surface area contributed by atoms with E-state index in [1.807, 2.05) is 37.3 Å². The maximum Gasteiger partial charge on any atom is 0.252 e. The Morgan fingerprint density at radius 3 is 2.65 bits per heavy atom. The van der Waals surface area contributed by atoms with Gasteiger partial charge in [-0.2, -0.15) is 0 Å². The molecule has 0 spiro atoms. The van der Waals surface area contributed by atoms with E-state index < -0.39 is 5.91 Å².